The van der Waals surface area contributed by atoms with Crippen LogP contribution in [0.2, 0.25) is 0 Å². The molecule has 1 amide bonds. The van der Waals surface area contributed by atoms with E-state index in [-0.39, 0.29) is 12.5 Å². The molecule has 1 rings (SSSR count). The minimum absolute atomic E-state index is 0.110. The van der Waals surface area contributed by atoms with E-state index in [4.69, 9.17) is 0 Å². The van der Waals surface area contributed by atoms with Crippen LogP contribution in [-0.4, -0.2) is 53.1 Å². The molecule has 0 saturated heterocycles. The van der Waals surface area contributed by atoms with E-state index in [0.29, 0.717) is 19.1 Å². The van der Waals surface area contributed by atoms with Crippen LogP contribution in [0.4, 0.5) is 0 Å². The summed E-state index contributed by atoms with van der Waals surface area (Å²) in [5, 5.41) is 9.22. The van der Waals surface area contributed by atoms with Gasteiger partial charge in [-0.25, -0.2) is 0 Å². The van der Waals surface area contributed by atoms with E-state index >= 15 is 0 Å². The van der Waals surface area contributed by atoms with Gasteiger partial charge in [0.1, 0.15) is 0 Å². The number of likely N-dealkylation sites (N-methyl/N-ethyl adjacent to an activating group) is 1. The van der Waals surface area contributed by atoms with Crippen molar-refractivity contribution in [1.29, 1.82) is 0 Å². The highest BCUT2D eigenvalue weighted by Crippen LogP contribution is 2.22. The average Bonchev–Trinajstić information content (AvgIpc) is 2.95. The van der Waals surface area contributed by atoms with E-state index in [2.05, 4.69) is 24.8 Å². The third-order valence-corrected chi connectivity index (χ3v) is 4.17. The molecule has 0 bridgehead atoms. The van der Waals surface area contributed by atoms with Crippen LogP contribution in [0, 0.1) is 0 Å². The molecule has 116 valence electrons. The lowest BCUT2D eigenvalue weighted by Crippen LogP contribution is -2.45. The number of aliphatic hydroxyl groups excluding tert-OH is 1. The van der Waals surface area contributed by atoms with Crippen LogP contribution < -0.4 is 0 Å². The van der Waals surface area contributed by atoms with Crippen molar-refractivity contribution in [1.82, 2.24) is 9.80 Å². The predicted octanol–water partition coefficient (Wildman–Crippen LogP) is 2.39. The highest BCUT2D eigenvalue weighted by Gasteiger charge is 2.23. The molecule has 0 fully saturated rings. The fourth-order valence-electron chi connectivity index (χ4n) is 3.02. The third kappa shape index (κ3) is 4.60. The molecular weight excluding hydrogens is 252 g/mol. The fourth-order valence-corrected chi connectivity index (χ4v) is 3.02. The van der Waals surface area contributed by atoms with E-state index in [1.54, 1.807) is 0 Å². The molecule has 0 aliphatic heterocycles. The molecular formula is C16H30N2O2. The number of carbonyl (C=O) groups excluding carboxylic acids is 1. The van der Waals surface area contributed by atoms with Crippen LogP contribution >= 0.6 is 0 Å². The summed E-state index contributed by atoms with van der Waals surface area (Å²) < 4.78 is 0. The summed E-state index contributed by atoms with van der Waals surface area (Å²) in [4.78, 5) is 16.6. The van der Waals surface area contributed by atoms with E-state index in [9.17, 15) is 9.90 Å². The molecule has 0 unspecified atom stereocenters. The monoisotopic (exact) mass is 282 g/mol. The number of carbonyl (C=O) groups is 1. The Labute approximate surface area is 123 Å². The van der Waals surface area contributed by atoms with Crippen molar-refractivity contribution in [2.24, 2.45) is 0 Å². The van der Waals surface area contributed by atoms with Gasteiger partial charge < -0.3 is 10.0 Å². The zero-order valence-electron chi connectivity index (χ0n) is 13.3. The van der Waals surface area contributed by atoms with Crippen molar-refractivity contribution in [2.45, 2.75) is 58.9 Å². The summed E-state index contributed by atoms with van der Waals surface area (Å²) in [6.45, 7) is 8.15. The number of allylic oxidation sites excluding steroid dienone is 2. The van der Waals surface area contributed by atoms with Crippen molar-refractivity contribution in [2.75, 3.05) is 26.2 Å². The molecule has 1 N–H and O–H groups in total. The van der Waals surface area contributed by atoms with Crippen LogP contribution in [0.25, 0.3) is 0 Å². The first-order valence-corrected chi connectivity index (χ1v) is 8.02. The fraction of sp³-hybridized carbons (Fsp3) is 0.812. The Balaban J connectivity index is 2.67. The van der Waals surface area contributed by atoms with Crippen LogP contribution in [-0.2, 0) is 4.79 Å². The summed E-state index contributed by atoms with van der Waals surface area (Å²) in [5.74, 6) is 0.168. The van der Waals surface area contributed by atoms with Gasteiger partial charge in [0, 0.05) is 24.8 Å². The largest absolute Gasteiger partial charge is 0.395 e. The molecule has 0 spiro atoms. The maximum atomic E-state index is 12.5. The minimum atomic E-state index is 0.110. The van der Waals surface area contributed by atoms with Crippen LogP contribution in [0.5, 0.6) is 0 Å². The van der Waals surface area contributed by atoms with Gasteiger partial charge in [0.15, 0.2) is 0 Å². The molecule has 0 aromatic rings. The molecule has 0 heterocycles. The molecule has 1 aliphatic rings. The molecule has 20 heavy (non-hydrogen) atoms. The molecule has 0 atom stereocenters. The molecule has 0 saturated carbocycles. The summed E-state index contributed by atoms with van der Waals surface area (Å²) >= 11 is 0. The smallest absolute Gasteiger partial charge is 0.240 e. The van der Waals surface area contributed by atoms with Gasteiger partial charge >= 0.3 is 0 Å². The molecule has 1 aliphatic carbocycles. The second-order valence-electron chi connectivity index (χ2n) is 5.39. The lowest BCUT2D eigenvalue weighted by Gasteiger charge is -2.32. The Kier molecular flexibility index (Phi) is 7.85. The molecule has 0 aromatic carbocycles. The normalized spacial score (nSPS) is 15.0. The van der Waals surface area contributed by atoms with Gasteiger partial charge in [-0.15, -0.1) is 0 Å². The first-order valence-electron chi connectivity index (χ1n) is 8.02. The first-order chi connectivity index (χ1) is 9.67. The summed E-state index contributed by atoms with van der Waals surface area (Å²) in [6.07, 6.45) is 7.48. The summed E-state index contributed by atoms with van der Waals surface area (Å²) in [7, 11) is 0. The molecule has 4 nitrogen and oxygen atoms in total. The maximum absolute atomic E-state index is 12.5. The standard InChI is InChI=1S/C16H30N2O2/c1-4-14(5-2)17(11-12-19)13-16(20)18(6-3)15-9-7-8-10-15/h9,14,19H,4-8,10-13H2,1-3H3. The average molecular weight is 282 g/mol. The minimum Gasteiger partial charge on any atom is -0.395 e. The van der Waals surface area contributed by atoms with Crippen molar-refractivity contribution in [3.05, 3.63) is 11.8 Å². The second-order valence-corrected chi connectivity index (χ2v) is 5.39. The Morgan fingerprint density at radius 2 is 2.05 bits per heavy atom. The maximum Gasteiger partial charge on any atom is 0.240 e. The molecule has 0 aromatic heterocycles. The van der Waals surface area contributed by atoms with Gasteiger partial charge in [-0.05, 0) is 39.0 Å². The summed E-state index contributed by atoms with van der Waals surface area (Å²) in [6, 6.07) is 0.377. The second kappa shape index (κ2) is 9.14. The van der Waals surface area contributed by atoms with Crippen LogP contribution in [0.1, 0.15) is 52.9 Å². The topological polar surface area (TPSA) is 43.8 Å². The van der Waals surface area contributed by atoms with Gasteiger partial charge in [-0.3, -0.25) is 9.69 Å². The molecule has 0 radical (unpaired) electrons. The van der Waals surface area contributed by atoms with E-state index in [0.717, 1.165) is 38.6 Å². The number of aliphatic hydroxyl groups is 1. The number of hydrogen-bond acceptors (Lipinski definition) is 3. The predicted molar refractivity (Wildman–Crippen MR) is 82.3 cm³/mol. The lowest BCUT2D eigenvalue weighted by molar-refractivity contribution is -0.131. The van der Waals surface area contributed by atoms with Gasteiger partial charge in [0.25, 0.3) is 0 Å². The van der Waals surface area contributed by atoms with E-state index in [1.165, 1.54) is 5.70 Å². The van der Waals surface area contributed by atoms with Crippen molar-refractivity contribution >= 4 is 5.91 Å². The Hall–Kier alpha value is -0.870. The number of amides is 1. The van der Waals surface area contributed by atoms with Gasteiger partial charge in [0.2, 0.25) is 5.91 Å². The lowest BCUT2D eigenvalue weighted by atomic mass is 10.1. The van der Waals surface area contributed by atoms with Gasteiger partial charge in [0.05, 0.1) is 13.2 Å². The van der Waals surface area contributed by atoms with E-state index in [1.807, 2.05) is 11.8 Å². The summed E-state index contributed by atoms with van der Waals surface area (Å²) in [5.41, 5.74) is 1.19. The Bertz CT molecular complexity index is 324. The Morgan fingerprint density at radius 1 is 1.35 bits per heavy atom. The first kappa shape index (κ1) is 17.2. The SMILES string of the molecule is CCC(CC)N(CCO)CC(=O)N(CC)C1=CCCC1. The Morgan fingerprint density at radius 3 is 2.50 bits per heavy atom. The van der Waals surface area contributed by atoms with Crippen molar-refractivity contribution in [3.63, 3.8) is 0 Å². The van der Waals surface area contributed by atoms with Crippen LogP contribution in [0.15, 0.2) is 11.8 Å². The highest BCUT2D eigenvalue weighted by molar-refractivity contribution is 5.80. The molecule has 4 heteroatoms. The van der Waals surface area contributed by atoms with Gasteiger partial charge in [-0.2, -0.15) is 0 Å². The number of rotatable bonds is 9. The highest BCUT2D eigenvalue weighted by atomic mass is 16.3. The number of nitrogens with zero attached hydrogens (tertiary/aromatic N) is 2. The van der Waals surface area contributed by atoms with Gasteiger partial charge in [-0.1, -0.05) is 19.9 Å². The van der Waals surface area contributed by atoms with Crippen LogP contribution in [0.3, 0.4) is 0 Å². The zero-order chi connectivity index (χ0) is 15.0. The quantitative estimate of drug-likeness (QED) is 0.706. The van der Waals surface area contributed by atoms with E-state index < -0.39 is 0 Å². The zero-order valence-corrected chi connectivity index (χ0v) is 13.3. The van der Waals surface area contributed by atoms with Crippen molar-refractivity contribution in [3.8, 4) is 0 Å². The number of hydrogen-bond donors (Lipinski definition) is 1. The van der Waals surface area contributed by atoms with Crippen molar-refractivity contribution < 1.29 is 9.90 Å². The third-order valence-electron chi connectivity index (χ3n) is 4.17.